The van der Waals surface area contributed by atoms with Crippen LogP contribution in [0, 0.1) is 6.92 Å². The number of halogens is 1. The summed E-state index contributed by atoms with van der Waals surface area (Å²) in [6, 6.07) is 16.3. The summed E-state index contributed by atoms with van der Waals surface area (Å²) in [4.78, 5) is 15.2. The predicted molar refractivity (Wildman–Crippen MR) is 101 cm³/mol. The van der Waals surface area contributed by atoms with Gasteiger partial charge in [-0.2, -0.15) is 0 Å². The van der Waals surface area contributed by atoms with Crippen LogP contribution in [-0.2, 0) is 11.3 Å². The molecule has 0 bridgehead atoms. The van der Waals surface area contributed by atoms with Crippen LogP contribution in [0.15, 0.2) is 48.5 Å². The van der Waals surface area contributed by atoms with Crippen molar-refractivity contribution in [2.45, 2.75) is 13.5 Å². The summed E-state index contributed by atoms with van der Waals surface area (Å²) < 4.78 is 0. The van der Waals surface area contributed by atoms with E-state index >= 15 is 0 Å². The number of carbonyl (C=O) groups is 1. The summed E-state index contributed by atoms with van der Waals surface area (Å²) in [6.07, 6.45) is 0. The third-order valence-corrected chi connectivity index (χ3v) is 5.23. The topological polar surface area (TPSA) is 38.0 Å². The predicted octanol–water partition coefficient (Wildman–Crippen LogP) is 0.571. The zero-order chi connectivity index (χ0) is 17.6. The van der Waals surface area contributed by atoms with Crippen LogP contribution in [0.2, 0.25) is 5.02 Å². The molecule has 1 amide bonds. The summed E-state index contributed by atoms with van der Waals surface area (Å²) >= 11 is 6.11. The van der Waals surface area contributed by atoms with E-state index in [-0.39, 0.29) is 5.91 Å². The Balaban J connectivity index is 1.43. The van der Waals surface area contributed by atoms with E-state index in [9.17, 15) is 4.79 Å². The molecule has 5 heteroatoms. The second-order valence-electron chi connectivity index (χ2n) is 6.85. The zero-order valence-corrected chi connectivity index (χ0v) is 15.4. The number of benzene rings is 2. The van der Waals surface area contributed by atoms with Gasteiger partial charge in [0.15, 0.2) is 6.54 Å². The fourth-order valence-corrected chi connectivity index (χ4v) is 3.48. The van der Waals surface area contributed by atoms with E-state index < -0.39 is 0 Å². The Morgan fingerprint density at radius 2 is 1.72 bits per heavy atom. The van der Waals surface area contributed by atoms with Gasteiger partial charge in [-0.15, -0.1) is 0 Å². The summed E-state index contributed by atoms with van der Waals surface area (Å²) in [5.74, 6) is 0.0569. The molecular formula is C20H26ClN3O+2. The highest BCUT2D eigenvalue weighted by atomic mass is 35.5. The first-order valence-electron chi connectivity index (χ1n) is 8.87. The summed E-state index contributed by atoms with van der Waals surface area (Å²) in [7, 11) is 0. The van der Waals surface area contributed by atoms with Gasteiger partial charge in [-0.25, -0.2) is 0 Å². The van der Waals surface area contributed by atoms with E-state index in [4.69, 9.17) is 11.6 Å². The second-order valence-corrected chi connectivity index (χ2v) is 7.26. The van der Waals surface area contributed by atoms with Crippen molar-refractivity contribution >= 4 is 23.2 Å². The van der Waals surface area contributed by atoms with Crippen molar-refractivity contribution in [2.24, 2.45) is 0 Å². The molecule has 0 atom stereocenters. The molecule has 132 valence electrons. The van der Waals surface area contributed by atoms with Gasteiger partial charge < -0.3 is 15.1 Å². The van der Waals surface area contributed by atoms with E-state index in [1.165, 1.54) is 10.5 Å². The first-order chi connectivity index (χ1) is 12.1. The monoisotopic (exact) mass is 359 g/mol. The SMILES string of the molecule is Cc1ccc(NC(=O)C[NH+]2CC[NH+](Cc3ccccc3)CC2)cc1Cl. The number of quaternary nitrogens is 2. The van der Waals surface area contributed by atoms with Crippen LogP contribution >= 0.6 is 11.6 Å². The maximum Gasteiger partial charge on any atom is 0.279 e. The lowest BCUT2D eigenvalue weighted by molar-refractivity contribution is -1.02. The van der Waals surface area contributed by atoms with Gasteiger partial charge in [-0.1, -0.05) is 48.0 Å². The van der Waals surface area contributed by atoms with E-state index in [0.717, 1.165) is 44.0 Å². The lowest BCUT2D eigenvalue weighted by Crippen LogP contribution is -3.28. The molecule has 2 aromatic carbocycles. The van der Waals surface area contributed by atoms with Crippen LogP contribution in [-0.4, -0.2) is 38.6 Å². The molecule has 0 radical (unpaired) electrons. The maximum absolute atomic E-state index is 12.3. The van der Waals surface area contributed by atoms with Crippen LogP contribution in [0.3, 0.4) is 0 Å². The van der Waals surface area contributed by atoms with E-state index in [0.29, 0.717) is 11.6 Å². The van der Waals surface area contributed by atoms with Crippen LogP contribution < -0.4 is 15.1 Å². The van der Waals surface area contributed by atoms with Gasteiger partial charge in [0.1, 0.15) is 32.7 Å². The number of nitrogens with one attached hydrogen (secondary N) is 3. The summed E-state index contributed by atoms with van der Waals surface area (Å²) in [5, 5.41) is 3.64. The number of hydrogen-bond acceptors (Lipinski definition) is 1. The zero-order valence-electron chi connectivity index (χ0n) is 14.6. The Bertz CT molecular complexity index is 712. The molecular weight excluding hydrogens is 334 g/mol. The van der Waals surface area contributed by atoms with Crippen molar-refractivity contribution in [3.05, 3.63) is 64.7 Å². The highest BCUT2D eigenvalue weighted by molar-refractivity contribution is 6.31. The van der Waals surface area contributed by atoms with Crippen molar-refractivity contribution in [3.8, 4) is 0 Å². The standard InChI is InChI=1S/C20H24ClN3O/c1-16-7-8-18(13-19(16)21)22-20(25)15-24-11-9-23(10-12-24)14-17-5-3-2-4-6-17/h2-8,13H,9-12,14-15H2,1H3,(H,22,25)/p+2. The summed E-state index contributed by atoms with van der Waals surface area (Å²) in [5.41, 5.74) is 3.17. The average molecular weight is 360 g/mol. The molecule has 4 nitrogen and oxygen atoms in total. The van der Waals surface area contributed by atoms with Crippen LogP contribution in [0.4, 0.5) is 5.69 Å². The lowest BCUT2D eigenvalue weighted by Gasteiger charge is -2.29. The number of amides is 1. The number of hydrogen-bond donors (Lipinski definition) is 3. The van der Waals surface area contributed by atoms with Gasteiger partial charge in [0.05, 0.1) is 0 Å². The molecule has 0 saturated carbocycles. The summed E-state index contributed by atoms with van der Waals surface area (Å²) in [6.45, 7) is 7.82. The molecule has 3 N–H and O–H groups in total. The average Bonchev–Trinajstić information content (AvgIpc) is 2.61. The number of rotatable bonds is 5. The molecule has 1 heterocycles. The Morgan fingerprint density at radius 3 is 2.40 bits per heavy atom. The Hall–Kier alpha value is -1.88. The molecule has 1 aliphatic rings. The van der Waals surface area contributed by atoms with Gasteiger partial charge in [0, 0.05) is 16.3 Å². The molecule has 0 aromatic heterocycles. The van der Waals surface area contributed by atoms with Gasteiger partial charge in [0.25, 0.3) is 5.91 Å². The minimum Gasteiger partial charge on any atom is -0.322 e. The first-order valence-corrected chi connectivity index (χ1v) is 9.25. The Labute approximate surface area is 154 Å². The number of anilines is 1. The van der Waals surface area contributed by atoms with Crippen molar-refractivity contribution in [3.63, 3.8) is 0 Å². The van der Waals surface area contributed by atoms with E-state index in [1.807, 2.05) is 25.1 Å². The van der Waals surface area contributed by atoms with Crippen molar-refractivity contribution in [2.75, 3.05) is 38.0 Å². The minimum absolute atomic E-state index is 0.0569. The van der Waals surface area contributed by atoms with E-state index in [1.54, 1.807) is 4.90 Å². The second kappa shape index (κ2) is 8.48. The molecule has 1 saturated heterocycles. The quantitative estimate of drug-likeness (QED) is 0.717. The largest absolute Gasteiger partial charge is 0.322 e. The Morgan fingerprint density at radius 1 is 1.04 bits per heavy atom. The fourth-order valence-electron chi connectivity index (χ4n) is 3.30. The number of piperazine rings is 1. The molecule has 2 aromatic rings. The van der Waals surface area contributed by atoms with Gasteiger partial charge in [0.2, 0.25) is 0 Å². The highest BCUT2D eigenvalue weighted by Gasteiger charge is 2.24. The molecule has 0 aliphatic carbocycles. The third kappa shape index (κ3) is 5.30. The van der Waals surface area contributed by atoms with Crippen LogP contribution in [0.1, 0.15) is 11.1 Å². The highest BCUT2D eigenvalue weighted by Crippen LogP contribution is 2.19. The molecule has 25 heavy (non-hydrogen) atoms. The molecule has 1 aliphatic heterocycles. The fraction of sp³-hybridized carbons (Fsp3) is 0.350. The Kier molecular flexibility index (Phi) is 6.08. The lowest BCUT2D eigenvalue weighted by atomic mass is 10.2. The van der Waals surface area contributed by atoms with Gasteiger partial charge in [-0.3, -0.25) is 4.79 Å². The molecule has 1 fully saturated rings. The molecule has 0 unspecified atom stereocenters. The van der Waals surface area contributed by atoms with Gasteiger partial charge in [-0.05, 0) is 24.6 Å². The third-order valence-electron chi connectivity index (χ3n) is 4.83. The smallest absolute Gasteiger partial charge is 0.279 e. The van der Waals surface area contributed by atoms with Crippen LogP contribution in [0.25, 0.3) is 0 Å². The maximum atomic E-state index is 12.3. The van der Waals surface area contributed by atoms with Crippen LogP contribution in [0.5, 0.6) is 0 Å². The van der Waals surface area contributed by atoms with E-state index in [2.05, 4.69) is 35.6 Å². The van der Waals surface area contributed by atoms with Crippen molar-refractivity contribution in [1.82, 2.24) is 0 Å². The number of carbonyl (C=O) groups excluding carboxylic acids is 1. The molecule has 3 rings (SSSR count). The molecule has 0 spiro atoms. The minimum atomic E-state index is 0.0569. The van der Waals surface area contributed by atoms with Crippen molar-refractivity contribution in [1.29, 1.82) is 0 Å². The van der Waals surface area contributed by atoms with Gasteiger partial charge >= 0.3 is 0 Å². The first kappa shape index (κ1) is 17.9. The van der Waals surface area contributed by atoms with Crippen molar-refractivity contribution < 1.29 is 14.6 Å². The number of aryl methyl sites for hydroxylation is 1. The normalized spacial score (nSPS) is 20.2.